The minimum absolute atomic E-state index is 0.521. The number of piperidine rings is 1. The highest BCUT2D eigenvalue weighted by Crippen LogP contribution is 2.19. The average Bonchev–Trinajstić information content (AvgIpc) is 2.29. The summed E-state index contributed by atoms with van der Waals surface area (Å²) in [7, 11) is 4.03. The molecule has 1 N–H and O–H groups in total. The third kappa shape index (κ3) is 5.36. The average molecular weight is 242 g/mol. The van der Waals surface area contributed by atoms with Crippen molar-refractivity contribution < 1.29 is 4.74 Å². The van der Waals surface area contributed by atoms with Crippen LogP contribution in [0.1, 0.15) is 39.5 Å². The summed E-state index contributed by atoms with van der Waals surface area (Å²) in [5, 5.41) is 3.76. The van der Waals surface area contributed by atoms with Crippen LogP contribution in [0, 0.1) is 5.92 Å². The van der Waals surface area contributed by atoms with Crippen molar-refractivity contribution in [3.05, 3.63) is 0 Å². The Labute approximate surface area is 107 Å². The molecule has 1 aliphatic rings. The molecule has 0 saturated carbocycles. The Kier molecular flexibility index (Phi) is 7.09. The molecular weight excluding hydrogens is 212 g/mol. The molecule has 17 heavy (non-hydrogen) atoms. The minimum Gasteiger partial charge on any atom is -0.383 e. The summed E-state index contributed by atoms with van der Waals surface area (Å²) in [4.78, 5) is 2.46. The molecule has 0 aliphatic carbocycles. The summed E-state index contributed by atoms with van der Waals surface area (Å²) in [5.41, 5.74) is 0. The second-order valence-corrected chi connectivity index (χ2v) is 5.56. The van der Waals surface area contributed by atoms with Crippen LogP contribution < -0.4 is 5.32 Å². The number of rotatable bonds is 7. The minimum atomic E-state index is 0.521. The van der Waals surface area contributed by atoms with Crippen molar-refractivity contribution in [2.45, 2.75) is 51.6 Å². The van der Waals surface area contributed by atoms with Crippen LogP contribution >= 0.6 is 0 Å². The summed E-state index contributed by atoms with van der Waals surface area (Å²) in [6.45, 7) is 7.91. The zero-order chi connectivity index (χ0) is 12.7. The lowest BCUT2D eigenvalue weighted by Crippen LogP contribution is -2.47. The first-order valence-corrected chi connectivity index (χ1v) is 7.10. The van der Waals surface area contributed by atoms with E-state index in [1.807, 2.05) is 0 Å². The van der Waals surface area contributed by atoms with Gasteiger partial charge in [0, 0.05) is 25.7 Å². The molecule has 1 aliphatic heterocycles. The maximum atomic E-state index is 5.29. The lowest BCUT2D eigenvalue weighted by atomic mass is 9.91. The van der Waals surface area contributed by atoms with E-state index in [0.29, 0.717) is 12.1 Å². The van der Waals surface area contributed by atoms with Crippen LogP contribution in [0.15, 0.2) is 0 Å². The summed E-state index contributed by atoms with van der Waals surface area (Å²) in [6, 6.07) is 1.12. The van der Waals surface area contributed by atoms with Gasteiger partial charge in [-0.1, -0.05) is 13.3 Å². The van der Waals surface area contributed by atoms with E-state index in [0.717, 1.165) is 12.5 Å². The first kappa shape index (κ1) is 14.9. The van der Waals surface area contributed by atoms with Crippen LogP contribution in [-0.4, -0.2) is 50.8 Å². The van der Waals surface area contributed by atoms with Crippen LogP contribution in [-0.2, 0) is 4.74 Å². The molecule has 0 aromatic carbocycles. The fraction of sp³-hybridized carbons (Fsp3) is 1.00. The molecule has 0 aromatic rings. The largest absolute Gasteiger partial charge is 0.383 e. The third-order valence-corrected chi connectivity index (χ3v) is 3.87. The molecule has 3 atom stereocenters. The van der Waals surface area contributed by atoms with Crippen LogP contribution in [0.2, 0.25) is 0 Å². The van der Waals surface area contributed by atoms with E-state index in [9.17, 15) is 0 Å². The summed E-state index contributed by atoms with van der Waals surface area (Å²) < 4.78 is 5.29. The number of nitrogens with zero attached hydrogens (tertiary/aromatic N) is 1. The van der Waals surface area contributed by atoms with Crippen LogP contribution in [0.25, 0.3) is 0 Å². The topological polar surface area (TPSA) is 24.5 Å². The van der Waals surface area contributed by atoms with Crippen molar-refractivity contribution in [1.82, 2.24) is 10.2 Å². The van der Waals surface area contributed by atoms with Gasteiger partial charge in [-0.3, -0.25) is 0 Å². The molecule has 0 aromatic heterocycles. The fourth-order valence-corrected chi connectivity index (χ4v) is 2.89. The van der Waals surface area contributed by atoms with Gasteiger partial charge in [-0.05, 0) is 45.7 Å². The van der Waals surface area contributed by atoms with Crippen molar-refractivity contribution in [1.29, 1.82) is 0 Å². The molecule has 0 bridgehead atoms. The number of nitrogens with one attached hydrogen (secondary N) is 1. The fourth-order valence-electron chi connectivity index (χ4n) is 2.89. The van der Waals surface area contributed by atoms with E-state index < -0.39 is 0 Å². The quantitative estimate of drug-likeness (QED) is 0.740. The molecule has 1 saturated heterocycles. The van der Waals surface area contributed by atoms with Crippen molar-refractivity contribution in [3.63, 3.8) is 0 Å². The Bertz CT molecular complexity index is 193. The van der Waals surface area contributed by atoms with Crippen molar-refractivity contribution >= 4 is 0 Å². The Hall–Kier alpha value is -0.120. The monoisotopic (exact) mass is 242 g/mol. The van der Waals surface area contributed by atoms with Gasteiger partial charge in [-0.15, -0.1) is 0 Å². The highest BCUT2D eigenvalue weighted by Gasteiger charge is 2.24. The van der Waals surface area contributed by atoms with E-state index in [1.54, 1.807) is 7.11 Å². The summed E-state index contributed by atoms with van der Waals surface area (Å²) in [5.74, 6) is 0.796. The van der Waals surface area contributed by atoms with Crippen molar-refractivity contribution in [3.8, 4) is 0 Å². The van der Waals surface area contributed by atoms with E-state index in [-0.39, 0.29) is 0 Å². The molecule has 0 radical (unpaired) electrons. The molecular formula is C14H30N2O. The highest BCUT2D eigenvalue weighted by molar-refractivity contribution is 4.81. The zero-order valence-corrected chi connectivity index (χ0v) is 12.0. The van der Waals surface area contributed by atoms with Gasteiger partial charge in [-0.2, -0.15) is 0 Å². The molecule has 3 unspecified atom stereocenters. The maximum absolute atomic E-state index is 5.29. The summed E-state index contributed by atoms with van der Waals surface area (Å²) >= 11 is 0. The standard InChI is InChI=1S/C14H30N2O/c1-5-7-14(11-17-4)15-12(2)13-8-6-9-16(3)10-13/h12-15H,5-11H2,1-4H3. The lowest BCUT2D eigenvalue weighted by Gasteiger charge is -2.35. The van der Waals surface area contributed by atoms with Gasteiger partial charge in [0.1, 0.15) is 0 Å². The predicted octanol–water partition coefficient (Wildman–Crippen LogP) is 2.12. The number of hydrogen-bond acceptors (Lipinski definition) is 3. The first-order valence-electron chi connectivity index (χ1n) is 7.10. The van der Waals surface area contributed by atoms with Gasteiger partial charge < -0.3 is 15.0 Å². The second kappa shape index (κ2) is 8.06. The highest BCUT2D eigenvalue weighted by atomic mass is 16.5. The second-order valence-electron chi connectivity index (χ2n) is 5.56. The zero-order valence-electron chi connectivity index (χ0n) is 12.0. The van der Waals surface area contributed by atoms with Crippen molar-refractivity contribution in [2.24, 2.45) is 5.92 Å². The van der Waals surface area contributed by atoms with E-state index in [4.69, 9.17) is 4.74 Å². The Balaban J connectivity index is 2.36. The van der Waals surface area contributed by atoms with Crippen LogP contribution in [0.4, 0.5) is 0 Å². The van der Waals surface area contributed by atoms with E-state index in [2.05, 4.69) is 31.1 Å². The normalized spacial score (nSPS) is 25.8. The Morgan fingerprint density at radius 3 is 2.82 bits per heavy atom. The molecule has 0 amide bonds. The molecule has 1 heterocycles. The number of likely N-dealkylation sites (tertiary alicyclic amines) is 1. The number of methoxy groups -OCH3 is 1. The lowest BCUT2D eigenvalue weighted by molar-refractivity contribution is 0.132. The van der Waals surface area contributed by atoms with E-state index >= 15 is 0 Å². The first-order chi connectivity index (χ1) is 8.17. The maximum Gasteiger partial charge on any atom is 0.0615 e. The molecule has 3 heteroatoms. The predicted molar refractivity (Wildman–Crippen MR) is 73.4 cm³/mol. The smallest absolute Gasteiger partial charge is 0.0615 e. The van der Waals surface area contributed by atoms with Gasteiger partial charge in [-0.25, -0.2) is 0 Å². The van der Waals surface area contributed by atoms with Gasteiger partial charge >= 0.3 is 0 Å². The van der Waals surface area contributed by atoms with Gasteiger partial charge in [0.2, 0.25) is 0 Å². The SMILES string of the molecule is CCCC(COC)NC(C)C1CCCN(C)C1. The molecule has 1 fully saturated rings. The summed E-state index contributed by atoms with van der Waals surface area (Å²) in [6.07, 6.45) is 5.14. The van der Waals surface area contributed by atoms with Crippen LogP contribution in [0.5, 0.6) is 0 Å². The van der Waals surface area contributed by atoms with E-state index in [1.165, 1.54) is 38.8 Å². The number of ether oxygens (including phenoxy) is 1. The molecule has 3 nitrogen and oxygen atoms in total. The van der Waals surface area contributed by atoms with Gasteiger partial charge in [0.05, 0.1) is 6.61 Å². The third-order valence-electron chi connectivity index (χ3n) is 3.87. The van der Waals surface area contributed by atoms with Crippen molar-refractivity contribution in [2.75, 3.05) is 33.9 Å². The Morgan fingerprint density at radius 1 is 1.47 bits per heavy atom. The Morgan fingerprint density at radius 2 is 2.24 bits per heavy atom. The van der Waals surface area contributed by atoms with Gasteiger partial charge in [0.25, 0.3) is 0 Å². The molecule has 0 spiro atoms. The molecule has 102 valence electrons. The van der Waals surface area contributed by atoms with Gasteiger partial charge in [0.15, 0.2) is 0 Å². The van der Waals surface area contributed by atoms with Crippen LogP contribution in [0.3, 0.4) is 0 Å². The number of hydrogen-bond donors (Lipinski definition) is 1. The molecule has 1 rings (SSSR count).